The molecule has 1 aliphatic heterocycles. The number of anilines is 1. The fourth-order valence-corrected chi connectivity index (χ4v) is 5.60. The molecule has 1 aliphatic rings. The summed E-state index contributed by atoms with van der Waals surface area (Å²) in [5, 5.41) is 4.68. The first kappa shape index (κ1) is 19.7. The molecule has 1 N–H and O–H groups in total. The number of aromatic nitrogens is 3. The summed E-state index contributed by atoms with van der Waals surface area (Å²) in [5.74, 6) is 0. The number of aryl methyl sites for hydroxylation is 1. The number of pyridine rings is 1. The van der Waals surface area contributed by atoms with Gasteiger partial charge in [0.2, 0.25) is 10.0 Å². The van der Waals surface area contributed by atoms with Gasteiger partial charge in [-0.15, -0.1) is 0 Å². The quantitative estimate of drug-likeness (QED) is 0.685. The molecule has 1 aromatic carbocycles. The largest absolute Gasteiger partial charge is 0.369 e. The van der Waals surface area contributed by atoms with Crippen LogP contribution in [0.1, 0.15) is 24.4 Å². The smallest absolute Gasteiger partial charge is 0.333 e. The minimum Gasteiger partial charge on any atom is -0.369 e. The Labute approximate surface area is 167 Å². The monoisotopic (exact) mass is 421 g/mol. The Hall–Kier alpha value is -2.59. The number of nitrogens with one attached hydrogen (secondary N) is 1. The van der Waals surface area contributed by atoms with Gasteiger partial charge in [0.1, 0.15) is 4.90 Å². The molecule has 7 nitrogen and oxygen atoms in total. The Kier molecular flexibility index (Phi) is 4.99. The number of benzene rings is 1. The predicted molar refractivity (Wildman–Crippen MR) is 106 cm³/mol. The van der Waals surface area contributed by atoms with Gasteiger partial charge in [0, 0.05) is 36.4 Å². The topological polar surface area (TPSA) is 80.1 Å². The summed E-state index contributed by atoms with van der Waals surface area (Å²) < 4.78 is 55.0. The molecule has 0 spiro atoms. The molecule has 3 aromatic rings. The average molecular weight is 421 g/mol. The van der Waals surface area contributed by atoms with E-state index >= 15 is 0 Å². The van der Waals surface area contributed by atoms with Crippen molar-refractivity contribution in [3.63, 3.8) is 0 Å². The zero-order chi connectivity index (χ0) is 20.8. The SMILES string of the molecule is Cc1nn(C(F)F)c(C)c1S(=O)(=O)NC1CCN(c2cccc3ncccc23)C1. The Morgan fingerprint density at radius 1 is 1.21 bits per heavy atom. The first-order valence-electron chi connectivity index (χ1n) is 9.23. The molecule has 10 heteroatoms. The maximum Gasteiger partial charge on any atom is 0.333 e. The Morgan fingerprint density at radius 2 is 2.00 bits per heavy atom. The van der Waals surface area contributed by atoms with E-state index in [0.717, 1.165) is 16.6 Å². The van der Waals surface area contributed by atoms with Gasteiger partial charge < -0.3 is 4.90 Å². The number of fused-ring (bicyclic) bond motifs is 1. The van der Waals surface area contributed by atoms with Crippen molar-refractivity contribution >= 4 is 26.6 Å². The van der Waals surface area contributed by atoms with E-state index < -0.39 is 16.6 Å². The lowest BCUT2D eigenvalue weighted by molar-refractivity contribution is 0.0538. The van der Waals surface area contributed by atoms with Crippen molar-refractivity contribution in [3.05, 3.63) is 47.9 Å². The zero-order valence-corrected chi connectivity index (χ0v) is 16.8. The van der Waals surface area contributed by atoms with Crippen LogP contribution in [0.3, 0.4) is 0 Å². The second-order valence-corrected chi connectivity index (χ2v) is 8.77. The van der Waals surface area contributed by atoms with E-state index in [1.807, 2.05) is 30.3 Å². The van der Waals surface area contributed by atoms with Gasteiger partial charge in [0.05, 0.1) is 16.9 Å². The van der Waals surface area contributed by atoms with E-state index in [4.69, 9.17) is 0 Å². The van der Waals surface area contributed by atoms with Crippen molar-refractivity contribution in [2.24, 2.45) is 0 Å². The highest BCUT2D eigenvalue weighted by Crippen LogP contribution is 2.29. The highest BCUT2D eigenvalue weighted by Gasteiger charge is 2.32. The lowest BCUT2D eigenvalue weighted by Gasteiger charge is -2.21. The fraction of sp³-hybridized carbons (Fsp3) is 0.368. The van der Waals surface area contributed by atoms with Gasteiger partial charge in [-0.2, -0.15) is 13.9 Å². The number of halogens is 2. The minimum absolute atomic E-state index is 0.0604. The third kappa shape index (κ3) is 3.58. The van der Waals surface area contributed by atoms with Crippen LogP contribution in [0, 0.1) is 13.8 Å². The molecular weight excluding hydrogens is 400 g/mol. The molecule has 0 amide bonds. The Bertz CT molecular complexity index is 1160. The standard InChI is InChI=1S/C19H21F2N5O2S/c1-12-18(13(2)26(23-12)19(20)21)29(27,28)24-14-8-10-25(11-14)17-7-3-6-16-15(17)5-4-9-22-16/h3-7,9,14,19,24H,8,10-11H2,1-2H3. The van der Waals surface area contributed by atoms with E-state index in [2.05, 4.69) is 19.7 Å². The van der Waals surface area contributed by atoms with Crippen molar-refractivity contribution in [1.29, 1.82) is 0 Å². The van der Waals surface area contributed by atoms with Gasteiger partial charge in [-0.3, -0.25) is 4.98 Å². The van der Waals surface area contributed by atoms with Crippen molar-refractivity contribution < 1.29 is 17.2 Å². The molecule has 2 aromatic heterocycles. The maximum absolute atomic E-state index is 13.1. The molecule has 0 saturated carbocycles. The molecule has 0 radical (unpaired) electrons. The summed E-state index contributed by atoms with van der Waals surface area (Å²) in [7, 11) is -3.97. The fourth-order valence-electron chi connectivity index (χ4n) is 3.94. The second kappa shape index (κ2) is 7.34. The van der Waals surface area contributed by atoms with Crippen LogP contribution in [0.25, 0.3) is 10.9 Å². The van der Waals surface area contributed by atoms with Crippen LogP contribution in [0.4, 0.5) is 14.5 Å². The summed E-state index contributed by atoms with van der Waals surface area (Å²) in [4.78, 5) is 6.29. The Morgan fingerprint density at radius 3 is 2.72 bits per heavy atom. The van der Waals surface area contributed by atoms with Gasteiger partial charge in [0.25, 0.3) is 0 Å². The summed E-state index contributed by atoms with van der Waals surface area (Å²) in [5.41, 5.74) is 1.86. The van der Waals surface area contributed by atoms with Crippen molar-refractivity contribution in [2.45, 2.75) is 37.8 Å². The normalized spacial score (nSPS) is 17.6. The van der Waals surface area contributed by atoms with Crippen molar-refractivity contribution in [2.75, 3.05) is 18.0 Å². The number of alkyl halides is 2. The van der Waals surface area contributed by atoms with Crippen LogP contribution >= 0.6 is 0 Å². The van der Waals surface area contributed by atoms with Gasteiger partial charge in [-0.25, -0.2) is 17.8 Å². The van der Waals surface area contributed by atoms with Gasteiger partial charge in [0.15, 0.2) is 0 Å². The summed E-state index contributed by atoms with van der Waals surface area (Å²) in [6, 6.07) is 9.37. The molecule has 29 heavy (non-hydrogen) atoms. The molecule has 0 bridgehead atoms. The van der Waals surface area contributed by atoms with E-state index in [1.165, 1.54) is 13.8 Å². The van der Waals surface area contributed by atoms with Crippen LogP contribution in [0.2, 0.25) is 0 Å². The molecule has 3 heterocycles. The molecule has 1 unspecified atom stereocenters. The Balaban J connectivity index is 1.56. The molecule has 4 rings (SSSR count). The lowest BCUT2D eigenvalue weighted by atomic mass is 10.1. The number of rotatable bonds is 5. The zero-order valence-electron chi connectivity index (χ0n) is 16.0. The van der Waals surface area contributed by atoms with E-state index in [0.29, 0.717) is 24.2 Å². The first-order valence-corrected chi connectivity index (χ1v) is 10.7. The lowest BCUT2D eigenvalue weighted by Crippen LogP contribution is -2.37. The minimum atomic E-state index is -3.97. The number of hydrogen-bond donors (Lipinski definition) is 1. The maximum atomic E-state index is 13.1. The van der Waals surface area contributed by atoms with Crippen LogP contribution in [-0.4, -0.2) is 42.3 Å². The van der Waals surface area contributed by atoms with Crippen molar-refractivity contribution in [1.82, 2.24) is 19.5 Å². The summed E-state index contributed by atoms with van der Waals surface area (Å²) >= 11 is 0. The summed E-state index contributed by atoms with van der Waals surface area (Å²) in [6.07, 6.45) is 2.34. The third-order valence-corrected chi connectivity index (χ3v) is 6.96. The van der Waals surface area contributed by atoms with Gasteiger partial charge >= 0.3 is 6.55 Å². The summed E-state index contributed by atoms with van der Waals surface area (Å²) in [6.45, 7) is 1.03. The third-order valence-electron chi connectivity index (χ3n) is 5.19. The molecule has 1 saturated heterocycles. The number of hydrogen-bond acceptors (Lipinski definition) is 5. The number of sulfonamides is 1. The highest BCUT2D eigenvalue weighted by molar-refractivity contribution is 7.89. The first-order chi connectivity index (χ1) is 13.8. The van der Waals surface area contributed by atoms with Crippen LogP contribution in [-0.2, 0) is 10.0 Å². The van der Waals surface area contributed by atoms with E-state index in [-0.39, 0.29) is 22.3 Å². The molecule has 0 aliphatic carbocycles. The van der Waals surface area contributed by atoms with E-state index in [9.17, 15) is 17.2 Å². The van der Waals surface area contributed by atoms with Crippen molar-refractivity contribution in [3.8, 4) is 0 Å². The van der Waals surface area contributed by atoms with Crippen LogP contribution in [0.15, 0.2) is 41.4 Å². The van der Waals surface area contributed by atoms with Crippen LogP contribution in [0.5, 0.6) is 0 Å². The predicted octanol–water partition coefficient (Wildman–Crippen LogP) is 3.00. The molecule has 1 fully saturated rings. The van der Waals surface area contributed by atoms with E-state index in [1.54, 1.807) is 6.20 Å². The highest BCUT2D eigenvalue weighted by atomic mass is 32.2. The van der Waals surface area contributed by atoms with Gasteiger partial charge in [-0.05, 0) is 44.5 Å². The van der Waals surface area contributed by atoms with Crippen LogP contribution < -0.4 is 9.62 Å². The second-order valence-electron chi connectivity index (χ2n) is 7.12. The number of nitrogens with zero attached hydrogens (tertiary/aromatic N) is 4. The molecule has 1 atom stereocenters. The average Bonchev–Trinajstić information content (AvgIpc) is 3.24. The molecule has 154 valence electrons. The van der Waals surface area contributed by atoms with Gasteiger partial charge in [-0.1, -0.05) is 6.07 Å². The molecular formula is C19H21F2N5O2S.